The van der Waals surface area contributed by atoms with Crippen molar-refractivity contribution >= 4 is 11.8 Å². The number of piperidine rings is 2. The van der Waals surface area contributed by atoms with Crippen LogP contribution in [0.1, 0.15) is 75.6 Å². The number of carbonyl (C=O) groups is 2. The molecule has 2 N–H and O–H groups in total. The molecule has 194 valence electrons. The van der Waals surface area contributed by atoms with Gasteiger partial charge >= 0.3 is 0 Å². The zero-order valence-electron chi connectivity index (χ0n) is 21.7. The van der Waals surface area contributed by atoms with Crippen LogP contribution >= 0.6 is 0 Å². The molecule has 1 aromatic rings. The highest BCUT2D eigenvalue weighted by atomic mass is 16.5. The monoisotopic (exact) mass is 484 g/mol. The maximum Gasteiger partial charge on any atom is 0.255 e. The first-order valence-corrected chi connectivity index (χ1v) is 13.8. The third-order valence-corrected chi connectivity index (χ3v) is 8.37. The Balaban J connectivity index is 1.40. The number of hydrogen-bond acceptors (Lipinski definition) is 5. The predicted octanol–water partition coefficient (Wildman–Crippen LogP) is 3.44. The van der Waals surface area contributed by atoms with Crippen molar-refractivity contribution < 1.29 is 14.3 Å². The van der Waals surface area contributed by atoms with E-state index in [0.717, 1.165) is 58.2 Å². The van der Waals surface area contributed by atoms with Gasteiger partial charge in [0.05, 0.1) is 17.0 Å². The van der Waals surface area contributed by atoms with Gasteiger partial charge in [0.2, 0.25) is 5.91 Å². The van der Waals surface area contributed by atoms with Gasteiger partial charge in [0, 0.05) is 12.6 Å². The lowest BCUT2D eigenvalue weighted by molar-refractivity contribution is -0.136. The van der Waals surface area contributed by atoms with Crippen molar-refractivity contribution in [3.63, 3.8) is 0 Å². The molecular formula is C28H44N4O3. The molecule has 0 aromatic heterocycles. The molecule has 1 spiro atoms. The van der Waals surface area contributed by atoms with Gasteiger partial charge in [0.15, 0.2) is 0 Å². The zero-order valence-corrected chi connectivity index (χ0v) is 21.7. The number of para-hydroxylation sites is 1. The second kappa shape index (κ2) is 12.2. The van der Waals surface area contributed by atoms with E-state index >= 15 is 0 Å². The first-order chi connectivity index (χ1) is 17.0. The second-order valence-electron chi connectivity index (χ2n) is 10.7. The summed E-state index contributed by atoms with van der Waals surface area (Å²) < 4.78 is 6.00. The lowest BCUT2D eigenvalue weighted by Gasteiger charge is -2.46. The smallest absolute Gasteiger partial charge is 0.255 e. The number of amides is 2. The lowest BCUT2D eigenvalue weighted by atomic mass is 9.73. The molecule has 2 saturated heterocycles. The van der Waals surface area contributed by atoms with Crippen LogP contribution in [0.5, 0.6) is 5.75 Å². The molecule has 2 amide bonds. The van der Waals surface area contributed by atoms with Crippen molar-refractivity contribution in [1.29, 1.82) is 0 Å². The largest absolute Gasteiger partial charge is 0.491 e. The minimum absolute atomic E-state index is 0.0965. The topological polar surface area (TPSA) is 73.9 Å². The van der Waals surface area contributed by atoms with E-state index in [-0.39, 0.29) is 23.3 Å². The molecule has 0 bridgehead atoms. The fraction of sp³-hybridized carbons (Fsp3) is 0.714. The minimum Gasteiger partial charge on any atom is -0.491 e. The van der Waals surface area contributed by atoms with Crippen molar-refractivity contribution in [2.24, 2.45) is 5.41 Å². The third kappa shape index (κ3) is 6.56. The molecule has 0 radical (unpaired) electrons. The molecule has 2 fully saturated rings. The van der Waals surface area contributed by atoms with Crippen LogP contribution in [0.15, 0.2) is 24.3 Å². The SMILES string of the molecule is CCN1CCC(N2CCC3(CCCCCNC(=O)c4ccccc4OC[C@H](C)NC3=O)CC2)CC1. The fourth-order valence-corrected chi connectivity index (χ4v) is 5.98. The van der Waals surface area contributed by atoms with E-state index < -0.39 is 0 Å². The zero-order chi connectivity index (χ0) is 24.7. The molecule has 4 rings (SSSR count). The van der Waals surface area contributed by atoms with Gasteiger partial charge in [-0.05, 0) is 90.3 Å². The van der Waals surface area contributed by atoms with Gasteiger partial charge in [0.1, 0.15) is 12.4 Å². The summed E-state index contributed by atoms with van der Waals surface area (Å²) in [7, 11) is 0. The Hall–Kier alpha value is -2.12. The Labute approximate surface area is 210 Å². The highest BCUT2D eigenvalue weighted by Gasteiger charge is 2.42. The van der Waals surface area contributed by atoms with Crippen molar-refractivity contribution in [1.82, 2.24) is 20.4 Å². The number of likely N-dealkylation sites (tertiary alicyclic amines) is 2. The molecular weight excluding hydrogens is 440 g/mol. The first-order valence-electron chi connectivity index (χ1n) is 13.8. The molecule has 3 aliphatic heterocycles. The summed E-state index contributed by atoms with van der Waals surface area (Å²) >= 11 is 0. The Kier molecular flexibility index (Phi) is 9.06. The van der Waals surface area contributed by atoms with Gasteiger partial charge in [-0.1, -0.05) is 31.9 Å². The maximum absolute atomic E-state index is 13.6. The van der Waals surface area contributed by atoms with Crippen LogP contribution in [-0.2, 0) is 4.79 Å². The average molecular weight is 485 g/mol. The lowest BCUT2D eigenvalue weighted by Crippen LogP contribution is -2.54. The van der Waals surface area contributed by atoms with Crippen LogP contribution in [0.4, 0.5) is 0 Å². The van der Waals surface area contributed by atoms with E-state index in [1.54, 1.807) is 6.07 Å². The first kappa shape index (κ1) is 26.0. The van der Waals surface area contributed by atoms with Crippen LogP contribution in [0.2, 0.25) is 0 Å². The van der Waals surface area contributed by atoms with Crippen molar-refractivity contribution in [2.45, 2.75) is 77.3 Å². The third-order valence-electron chi connectivity index (χ3n) is 8.37. The molecule has 3 heterocycles. The highest BCUT2D eigenvalue weighted by molar-refractivity contribution is 5.96. The van der Waals surface area contributed by atoms with E-state index in [2.05, 4.69) is 27.4 Å². The second-order valence-corrected chi connectivity index (χ2v) is 10.7. The maximum atomic E-state index is 13.6. The number of hydrogen-bond donors (Lipinski definition) is 2. The summed E-state index contributed by atoms with van der Waals surface area (Å²) in [5, 5.41) is 6.31. The van der Waals surface area contributed by atoms with Crippen molar-refractivity contribution in [3.8, 4) is 5.75 Å². The van der Waals surface area contributed by atoms with E-state index in [1.807, 2.05) is 25.1 Å². The van der Waals surface area contributed by atoms with Gasteiger partial charge in [-0.25, -0.2) is 0 Å². The number of benzene rings is 1. The number of carbonyl (C=O) groups excluding carboxylic acids is 2. The molecule has 0 aliphatic carbocycles. The molecule has 3 aliphatic rings. The standard InChI is InChI=1S/C28H44N4O3/c1-3-31-17-11-23(12-18-31)32-19-14-28(15-20-32)13-7-4-8-16-29-26(33)24-9-5-6-10-25(24)35-21-22(2)30-27(28)34/h5-6,9-10,22-23H,3-4,7-8,11-21H2,1-2H3,(H,29,33)(H,30,34)/t22-/m0/s1. The molecule has 7 nitrogen and oxygen atoms in total. The van der Waals surface area contributed by atoms with E-state index in [4.69, 9.17) is 4.74 Å². The molecule has 35 heavy (non-hydrogen) atoms. The van der Waals surface area contributed by atoms with Crippen LogP contribution < -0.4 is 15.4 Å². The Morgan fingerprint density at radius 1 is 1.00 bits per heavy atom. The number of nitrogens with zero attached hydrogens (tertiary/aromatic N) is 2. The summed E-state index contributed by atoms with van der Waals surface area (Å²) in [6.45, 7) is 10.8. The van der Waals surface area contributed by atoms with Crippen LogP contribution in [-0.4, -0.2) is 79.6 Å². The van der Waals surface area contributed by atoms with Crippen LogP contribution in [0.3, 0.4) is 0 Å². The average Bonchev–Trinajstić information content (AvgIpc) is 2.89. The summed E-state index contributed by atoms with van der Waals surface area (Å²) in [6, 6.07) is 7.88. The van der Waals surface area contributed by atoms with Gasteiger partial charge in [-0.3, -0.25) is 9.59 Å². The number of ether oxygens (including phenoxy) is 1. The van der Waals surface area contributed by atoms with Gasteiger partial charge in [-0.2, -0.15) is 0 Å². The highest BCUT2D eigenvalue weighted by Crippen LogP contribution is 2.39. The predicted molar refractivity (Wildman–Crippen MR) is 139 cm³/mol. The summed E-state index contributed by atoms with van der Waals surface area (Å²) in [4.78, 5) is 31.5. The van der Waals surface area contributed by atoms with Crippen LogP contribution in [0.25, 0.3) is 0 Å². The molecule has 0 unspecified atom stereocenters. The molecule has 7 heteroatoms. The van der Waals surface area contributed by atoms with Gasteiger partial charge in [0.25, 0.3) is 5.91 Å². The Morgan fingerprint density at radius 3 is 2.49 bits per heavy atom. The quantitative estimate of drug-likeness (QED) is 0.673. The number of rotatable bonds is 2. The van der Waals surface area contributed by atoms with Crippen molar-refractivity contribution in [2.75, 3.05) is 45.9 Å². The Morgan fingerprint density at radius 2 is 1.74 bits per heavy atom. The molecule has 1 aromatic carbocycles. The normalized spacial score (nSPS) is 26.1. The van der Waals surface area contributed by atoms with E-state index in [9.17, 15) is 9.59 Å². The van der Waals surface area contributed by atoms with Gasteiger partial charge in [-0.15, -0.1) is 0 Å². The van der Waals surface area contributed by atoms with E-state index in [1.165, 1.54) is 25.9 Å². The van der Waals surface area contributed by atoms with Crippen molar-refractivity contribution in [3.05, 3.63) is 29.8 Å². The molecule has 1 atom stereocenters. The number of fused-ring (bicyclic) bond motifs is 1. The summed E-state index contributed by atoms with van der Waals surface area (Å²) in [5.41, 5.74) is 0.255. The Bertz CT molecular complexity index is 844. The van der Waals surface area contributed by atoms with Gasteiger partial charge < -0.3 is 25.2 Å². The summed E-state index contributed by atoms with van der Waals surface area (Å²) in [6.07, 6.45) is 8.22. The summed E-state index contributed by atoms with van der Waals surface area (Å²) in [5.74, 6) is 0.658. The minimum atomic E-state index is -0.295. The fourth-order valence-electron chi connectivity index (χ4n) is 5.98. The molecule has 0 saturated carbocycles. The number of nitrogens with one attached hydrogen (secondary N) is 2. The van der Waals surface area contributed by atoms with Crippen LogP contribution in [0, 0.1) is 5.41 Å². The van der Waals surface area contributed by atoms with E-state index in [0.29, 0.717) is 30.5 Å².